The number of benzene rings is 1. The molecule has 6 nitrogen and oxygen atoms in total. The number of rotatable bonds is 3. The first kappa shape index (κ1) is 12.0. The van der Waals surface area contributed by atoms with Gasteiger partial charge in [-0.3, -0.25) is 0 Å². The Kier molecular flexibility index (Phi) is 3.36. The standard InChI is InChI=1S/C12H8IN5O/c13-10-6-14-7-15-11(10)19-12-16-8-18(17-12)9-4-2-1-3-5-9/h1-8H. The molecule has 0 unspecified atom stereocenters. The first-order valence-corrected chi connectivity index (χ1v) is 6.51. The van der Waals surface area contributed by atoms with Crippen molar-refractivity contribution in [1.82, 2.24) is 24.7 Å². The Hall–Kier alpha value is -2.03. The highest BCUT2D eigenvalue weighted by Gasteiger charge is 2.08. The maximum Gasteiger partial charge on any atom is 0.342 e. The Bertz CT molecular complexity index is 685. The number of ether oxygens (including phenoxy) is 1. The fourth-order valence-corrected chi connectivity index (χ4v) is 1.87. The van der Waals surface area contributed by atoms with Crippen LogP contribution in [0.15, 0.2) is 49.2 Å². The highest BCUT2D eigenvalue weighted by atomic mass is 127. The van der Waals surface area contributed by atoms with Crippen LogP contribution in [0.5, 0.6) is 11.9 Å². The third-order valence-electron chi connectivity index (χ3n) is 2.31. The first-order chi connectivity index (χ1) is 9.33. The minimum atomic E-state index is 0.250. The molecule has 2 heterocycles. The van der Waals surface area contributed by atoms with E-state index < -0.39 is 0 Å². The van der Waals surface area contributed by atoms with E-state index in [1.165, 1.54) is 6.33 Å². The lowest BCUT2D eigenvalue weighted by atomic mass is 10.3. The van der Waals surface area contributed by atoms with Crippen molar-refractivity contribution in [3.63, 3.8) is 0 Å². The third kappa shape index (κ3) is 2.70. The number of hydrogen-bond acceptors (Lipinski definition) is 5. The second-order valence-electron chi connectivity index (χ2n) is 3.59. The molecule has 94 valence electrons. The van der Waals surface area contributed by atoms with Crippen LogP contribution in [0.3, 0.4) is 0 Å². The first-order valence-electron chi connectivity index (χ1n) is 5.43. The summed E-state index contributed by atoms with van der Waals surface area (Å²) < 4.78 is 7.95. The SMILES string of the molecule is Ic1cncnc1Oc1ncn(-c2ccccc2)n1. The lowest BCUT2D eigenvalue weighted by Crippen LogP contribution is -1.96. The van der Waals surface area contributed by atoms with Crippen LogP contribution in [0, 0.1) is 3.57 Å². The predicted octanol–water partition coefficient (Wildman–Crippen LogP) is 2.45. The summed E-state index contributed by atoms with van der Waals surface area (Å²) in [6.45, 7) is 0. The molecule has 0 aliphatic rings. The van der Waals surface area contributed by atoms with E-state index in [2.05, 4.69) is 42.6 Å². The van der Waals surface area contributed by atoms with E-state index >= 15 is 0 Å². The molecule has 0 aliphatic heterocycles. The van der Waals surface area contributed by atoms with Crippen LogP contribution in [0.25, 0.3) is 5.69 Å². The van der Waals surface area contributed by atoms with Gasteiger partial charge in [0.1, 0.15) is 12.7 Å². The van der Waals surface area contributed by atoms with E-state index in [4.69, 9.17) is 4.74 Å². The summed E-state index contributed by atoms with van der Waals surface area (Å²) in [5, 5.41) is 4.24. The minimum absolute atomic E-state index is 0.250. The molecule has 0 N–H and O–H groups in total. The second-order valence-corrected chi connectivity index (χ2v) is 4.75. The van der Waals surface area contributed by atoms with Crippen molar-refractivity contribution in [2.24, 2.45) is 0 Å². The van der Waals surface area contributed by atoms with Crippen LogP contribution in [-0.4, -0.2) is 24.7 Å². The Morgan fingerprint density at radius 3 is 2.74 bits per heavy atom. The molecule has 2 aromatic heterocycles. The van der Waals surface area contributed by atoms with Crippen LogP contribution >= 0.6 is 22.6 Å². The predicted molar refractivity (Wildman–Crippen MR) is 76.2 cm³/mol. The zero-order chi connectivity index (χ0) is 13.1. The van der Waals surface area contributed by atoms with Crippen molar-refractivity contribution in [3.8, 4) is 17.6 Å². The molecule has 0 fully saturated rings. The largest absolute Gasteiger partial charge is 0.403 e. The molecule has 3 rings (SSSR count). The lowest BCUT2D eigenvalue weighted by molar-refractivity contribution is 0.420. The van der Waals surface area contributed by atoms with E-state index in [0.717, 1.165) is 9.26 Å². The van der Waals surface area contributed by atoms with Crippen molar-refractivity contribution >= 4 is 22.6 Å². The monoisotopic (exact) mass is 365 g/mol. The van der Waals surface area contributed by atoms with Gasteiger partial charge >= 0.3 is 6.01 Å². The Morgan fingerprint density at radius 2 is 1.95 bits per heavy atom. The van der Waals surface area contributed by atoms with E-state index in [9.17, 15) is 0 Å². The molecule has 7 heteroatoms. The summed E-state index contributed by atoms with van der Waals surface area (Å²) in [5.41, 5.74) is 0.919. The highest BCUT2D eigenvalue weighted by Crippen LogP contribution is 2.20. The van der Waals surface area contributed by atoms with E-state index in [1.54, 1.807) is 17.2 Å². The van der Waals surface area contributed by atoms with Gasteiger partial charge in [-0.25, -0.2) is 14.6 Å². The van der Waals surface area contributed by atoms with Gasteiger partial charge in [0, 0.05) is 6.20 Å². The molecule has 0 radical (unpaired) electrons. The quantitative estimate of drug-likeness (QED) is 0.668. The molecular formula is C12H8IN5O. The number of aromatic nitrogens is 5. The molecule has 0 spiro atoms. The molecule has 0 aliphatic carbocycles. The van der Waals surface area contributed by atoms with Crippen LogP contribution in [-0.2, 0) is 0 Å². The van der Waals surface area contributed by atoms with Crippen LogP contribution in [0.4, 0.5) is 0 Å². The van der Waals surface area contributed by atoms with Gasteiger partial charge in [-0.2, -0.15) is 4.98 Å². The van der Waals surface area contributed by atoms with Gasteiger partial charge in [-0.15, -0.1) is 5.10 Å². The maximum atomic E-state index is 5.51. The van der Waals surface area contributed by atoms with Gasteiger partial charge in [0.15, 0.2) is 0 Å². The van der Waals surface area contributed by atoms with Gasteiger partial charge in [-0.1, -0.05) is 18.2 Å². The summed E-state index contributed by atoms with van der Waals surface area (Å²) in [6, 6.07) is 9.94. The van der Waals surface area contributed by atoms with Crippen LogP contribution in [0.2, 0.25) is 0 Å². The van der Waals surface area contributed by atoms with Gasteiger partial charge in [0.05, 0.1) is 9.26 Å². The van der Waals surface area contributed by atoms with E-state index in [1.807, 2.05) is 30.3 Å². The summed E-state index contributed by atoms with van der Waals surface area (Å²) >= 11 is 2.09. The maximum absolute atomic E-state index is 5.51. The minimum Gasteiger partial charge on any atom is -0.403 e. The van der Waals surface area contributed by atoms with Gasteiger partial charge in [0.2, 0.25) is 5.88 Å². The molecular weight excluding hydrogens is 357 g/mol. The Morgan fingerprint density at radius 1 is 1.11 bits per heavy atom. The van der Waals surface area contributed by atoms with Gasteiger partial charge < -0.3 is 4.74 Å². The van der Waals surface area contributed by atoms with Gasteiger partial charge in [0.25, 0.3) is 0 Å². The van der Waals surface area contributed by atoms with Crippen molar-refractivity contribution in [2.45, 2.75) is 0 Å². The molecule has 3 aromatic rings. The molecule has 0 saturated heterocycles. The summed E-state index contributed by atoms with van der Waals surface area (Å²) in [6.07, 6.45) is 4.68. The molecule has 1 aromatic carbocycles. The van der Waals surface area contributed by atoms with Crippen molar-refractivity contribution in [3.05, 3.63) is 52.8 Å². The second kappa shape index (κ2) is 5.31. The zero-order valence-corrected chi connectivity index (χ0v) is 11.8. The molecule has 0 atom stereocenters. The Labute approximate surface area is 122 Å². The van der Waals surface area contributed by atoms with E-state index in [-0.39, 0.29) is 6.01 Å². The average Bonchev–Trinajstić information content (AvgIpc) is 2.91. The van der Waals surface area contributed by atoms with E-state index in [0.29, 0.717) is 5.88 Å². The van der Waals surface area contributed by atoms with Crippen molar-refractivity contribution in [2.75, 3.05) is 0 Å². The summed E-state index contributed by atoms with van der Waals surface area (Å²) in [7, 11) is 0. The normalized spacial score (nSPS) is 10.4. The van der Waals surface area contributed by atoms with Crippen LogP contribution < -0.4 is 4.74 Å². The number of hydrogen-bond donors (Lipinski definition) is 0. The lowest BCUT2D eigenvalue weighted by Gasteiger charge is -2.01. The molecule has 19 heavy (non-hydrogen) atoms. The molecule has 0 bridgehead atoms. The third-order valence-corrected chi connectivity index (χ3v) is 3.05. The number of para-hydroxylation sites is 1. The fraction of sp³-hybridized carbons (Fsp3) is 0. The Balaban J connectivity index is 1.85. The number of halogens is 1. The zero-order valence-electron chi connectivity index (χ0n) is 9.64. The molecule has 0 amide bonds. The number of nitrogens with zero attached hydrogens (tertiary/aromatic N) is 5. The smallest absolute Gasteiger partial charge is 0.342 e. The summed E-state index contributed by atoms with van der Waals surface area (Å²) in [5.74, 6) is 0.446. The fourth-order valence-electron chi connectivity index (χ4n) is 1.46. The topological polar surface area (TPSA) is 65.7 Å². The van der Waals surface area contributed by atoms with Gasteiger partial charge in [-0.05, 0) is 34.7 Å². The molecule has 0 saturated carbocycles. The summed E-state index contributed by atoms with van der Waals surface area (Å²) in [4.78, 5) is 12.0. The van der Waals surface area contributed by atoms with Crippen LogP contribution in [0.1, 0.15) is 0 Å². The van der Waals surface area contributed by atoms with Crippen molar-refractivity contribution < 1.29 is 4.74 Å². The van der Waals surface area contributed by atoms with Crippen molar-refractivity contribution in [1.29, 1.82) is 0 Å². The highest BCUT2D eigenvalue weighted by molar-refractivity contribution is 14.1. The average molecular weight is 365 g/mol.